The number of anilines is 1. The van der Waals surface area contributed by atoms with E-state index in [-0.39, 0.29) is 29.1 Å². The van der Waals surface area contributed by atoms with Gasteiger partial charge in [-0.2, -0.15) is 0 Å². The van der Waals surface area contributed by atoms with E-state index in [9.17, 15) is 18.0 Å². The van der Waals surface area contributed by atoms with Gasteiger partial charge in [-0.1, -0.05) is 43.7 Å². The van der Waals surface area contributed by atoms with Crippen LogP contribution in [0, 0.1) is 6.92 Å². The molecule has 3 rings (SSSR count). The third-order valence-corrected chi connectivity index (χ3v) is 9.23. The Morgan fingerprint density at radius 2 is 1.48 bits per heavy atom. The van der Waals surface area contributed by atoms with Crippen molar-refractivity contribution >= 4 is 27.5 Å². The molecule has 11 heteroatoms. The second kappa shape index (κ2) is 15.5. The number of hydrogen-bond acceptors (Lipinski definition) is 7. The second-order valence-corrected chi connectivity index (χ2v) is 12.3. The van der Waals surface area contributed by atoms with Gasteiger partial charge in [-0.3, -0.25) is 13.9 Å². The van der Waals surface area contributed by atoms with Gasteiger partial charge in [0.15, 0.2) is 11.5 Å². The van der Waals surface area contributed by atoms with Gasteiger partial charge < -0.3 is 24.4 Å². The van der Waals surface area contributed by atoms with Crippen LogP contribution in [0.1, 0.15) is 44.7 Å². The number of amides is 2. The number of hydrogen-bond donors (Lipinski definition) is 1. The number of nitrogens with zero attached hydrogens (tertiary/aromatic N) is 2. The molecule has 238 valence electrons. The van der Waals surface area contributed by atoms with Crippen molar-refractivity contribution in [2.24, 2.45) is 0 Å². The Bertz CT molecular complexity index is 1510. The number of benzene rings is 3. The number of ether oxygens (including phenoxy) is 3. The Morgan fingerprint density at radius 3 is 2.02 bits per heavy atom. The molecule has 10 nitrogen and oxygen atoms in total. The van der Waals surface area contributed by atoms with Crippen molar-refractivity contribution in [3.63, 3.8) is 0 Å². The van der Waals surface area contributed by atoms with E-state index in [1.165, 1.54) is 37.3 Å². The lowest BCUT2D eigenvalue weighted by Crippen LogP contribution is -2.53. The Hall–Kier alpha value is -4.25. The van der Waals surface area contributed by atoms with Crippen molar-refractivity contribution < 1.29 is 32.2 Å². The fraction of sp³-hybridized carbons (Fsp3) is 0.394. The van der Waals surface area contributed by atoms with Crippen LogP contribution in [0.5, 0.6) is 17.2 Å². The highest BCUT2D eigenvalue weighted by Crippen LogP contribution is 2.34. The Labute approximate surface area is 261 Å². The van der Waals surface area contributed by atoms with Gasteiger partial charge >= 0.3 is 0 Å². The molecule has 0 spiro atoms. The Kier molecular flexibility index (Phi) is 12.0. The molecule has 0 bridgehead atoms. The summed E-state index contributed by atoms with van der Waals surface area (Å²) in [6.07, 6.45) is 1.04. The summed E-state index contributed by atoms with van der Waals surface area (Å²) in [6.45, 7) is 7.06. The molecule has 3 aromatic carbocycles. The molecule has 0 heterocycles. The van der Waals surface area contributed by atoms with Gasteiger partial charge in [-0.25, -0.2) is 8.42 Å². The molecule has 0 aliphatic carbocycles. The van der Waals surface area contributed by atoms with Gasteiger partial charge in [0.05, 0.1) is 31.9 Å². The van der Waals surface area contributed by atoms with E-state index in [0.717, 1.165) is 21.9 Å². The average Bonchev–Trinajstić information content (AvgIpc) is 3.03. The summed E-state index contributed by atoms with van der Waals surface area (Å²) in [6, 6.07) is 17.3. The van der Waals surface area contributed by atoms with Crippen LogP contribution < -0.4 is 23.8 Å². The molecule has 0 aliphatic rings. The molecule has 44 heavy (non-hydrogen) atoms. The van der Waals surface area contributed by atoms with Crippen molar-refractivity contribution in [2.45, 2.75) is 64.1 Å². The van der Waals surface area contributed by atoms with Crippen molar-refractivity contribution in [1.82, 2.24) is 10.2 Å². The molecule has 2 atom stereocenters. The minimum absolute atomic E-state index is 0.0222. The summed E-state index contributed by atoms with van der Waals surface area (Å²) in [4.78, 5) is 29.2. The number of nitrogens with one attached hydrogen (secondary N) is 1. The molecule has 0 saturated heterocycles. The predicted octanol–water partition coefficient (Wildman–Crippen LogP) is 4.94. The summed E-state index contributed by atoms with van der Waals surface area (Å²) in [5, 5.41) is 2.98. The zero-order chi connectivity index (χ0) is 32.4. The third-order valence-electron chi connectivity index (χ3n) is 7.44. The summed E-state index contributed by atoms with van der Waals surface area (Å²) in [7, 11) is 0.264. The lowest BCUT2D eigenvalue weighted by molar-refractivity contribution is -0.140. The van der Waals surface area contributed by atoms with E-state index in [2.05, 4.69) is 5.32 Å². The molecule has 1 N–H and O–H groups in total. The van der Waals surface area contributed by atoms with E-state index >= 15 is 0 Å². The monoisotopic (exact) mass is 625 g/mol. The van der Waals surface area contributed by atoms with Crippen molar-refractivity contribution in [3.05, 3.63) is 77.9 Å². The number of methoxy groups -OCH3 is 3. The number of carbonyl (C=O) groups excluding carboxylic acids is 2. The first-order chi connectivity index (χ1) is 21.0. The van der Waals surface area contributed by atoms with Crippen molar-refractivity contribution in [3.8, 4) is 17.2 Å². The van der Waals surface area contributed by atoms with E-state index in [0.29, 0.717) is 23.7 Å². The Balaban J connectivity index is 2.11. The highest BCUT2D eigenvalue weighted by molar-refractivity contribution is 7.92. The summed E-state index contributed by atoms with van der Waals surface area (Å²) >= 11 is 0. The van der Waals surface area contributed by atoms with Crippen molar-refractivity contribution in [1.29, 1.82) is 0 Å². The fourth-order valence-corrected chi connectivity index (χ4v) is 6.04. The van der Waals surface area contributed by atoms with E-state index in [1.807, 2.05) is 39.8 Å². The normalized spacial score (nSPS) is 12.5. The number of aryl methyl sites for hydroxylation is 1. The van der Waals surface area contributed by atoms with Gasteiger partial charge in [0, 0.05) is 18.7 Å². The third kappa shape index (κ3) is 8.22. The first-order valence-electron chi connectivity index (χ1n) is 14.5. The summed E-state index contributed by atoms with van der Waals surface area (Å²) in [5.74, 6) is 0.511. The Morgan fingerprint density at radius 1 is 0.841 bits per heavy atom. The number of rotatable bonds is 15. The van der Waals surface area contributed by atoms with Crippen molar-refractivity contribution in [2.75, 3.05) is 32.2 Å². The average molecular weight is 626 g/mol. The van der Waals surface area contributed by atoms with E-state index in [4.69, 9.17) is 14.2 Å². The summed E-state index contributed by atoms with van der Waals surface area (Å²) in [5.41, 5.74) is 1.85. The van der Waals surface area contributed by atoms with Crippen LogP contribution in [0.15, 0.2) is 71.6 Å². The number of carbonyl (C=O) groups is 2. The molecule has 0 radical (unpaired) electrons. The first kappa shape index (κ1) is 34.2. The van der Waals surface area contributed by atoms with Gasteiger partial charge in [-0.05, 0) is 68.7 Å². The lowest BCUT2D eigenvalue weighted by Gasteiger charge is -2.34. The zero-order valence-corrected chi connectivity index (χ0v) is 27.3. The van der Waals surface area contributed by atoms with Crippen LogP contribution in [0.4, 0.5) is 5.69 Å². The van der Waals surface area contributed by atoms with E-state index < -0.39 is 28.5 Å². The van der Waals surface area contributed by atoms with Crippen LogP contribution in [-0.2, 0) is 26.2 Å². The fourth-order valence-electron chi connectivity index (χ4n) is 4.63. The zero-order valence-electron chi connectivity index (χ0n) is 26.5. The van der Waals surface area contributed by atoms with E-state index in [1.54, 1.807) is 43.5 Å². The van der Waals surface area contributed by atoms with Gasteiger partial charge in [0.2, 0.25) is 11.8 Å². The van der Waals surface area contributed by atoms with Gasteiger partial charge in [0.1, 0.15) is 18.3 Å². The highest BCUT2D eigenvalue weighted by Gasteiger charge is 2.34. The first-order valence-corrected chi connectivity index (χ1v) is 16.0. The minimum Gasteiger partial charge on any atom is -0.497 e. The maximum absolute atomic E-state index is 14.3. The highest BCUT2D eigenvalue weighted by atomic mass is 32.2. The predicted molar refractivity (Wildman–Crippen MR) is 171 cm³/mol. The van der Waals surface area contributed by atoms with Crippen LogP contribution in [0.25, 0.3) is 0 Å². The molecule has 0 aromatic heterocycles. The van der Waals surface area contributed by atoms with Crippen LogP contribution in [0.3, 0.4) is 0 Å². The quantitative estimate of drug-likeness (QED) is 0.255. The molecule has 3 aromatic rings. The lowest BCUT2D eigenvalue weighted by atomic mass is 10.1. The van der Waals surface area contributed by atoms with Crippen LogP contribution in [-0.4, -0.2) is 65.1 Å². The maximum Gasteiger partial charge on any atom is 0.264 e. The number of sulfonamides is 1. The minimum atomic E-state index is -4.23. The second-order valence-electron chi connectivity index (χ2n) is 10.5. The standard InChI is InChI=1S/C33H43N3O7S/c1-8-24(4)34-33(38)29(9-2)35(21-25-12-15-27(41-5)16-13-25)32(37)22-36(26-14-19-30(42-6)31(20-26)43-7)44(39,40)28-17-10-23(3)11-18-28/h10-20,24,29H,8-9,21-22H2,1-7H3,(H,34,38)/t24-,29-/m0/s1. The van der Waals surface area contributed by atoms with Crippen LogP contribution in [0.2, 0.25) is 0 Å². The molecule has 0 fully saturated rings. The molecular formula is C33H43N3O7S. The largest absolute Gasteiger partial charge is 0.497 e. The van der Waals surface area contributed by atoms with Crippen LogP contribution >= 0.6 is 0 Å². The summed E-state index contributed by atoms with van der Waals surface area (Å²) < 4.78 is 45.4. The molecule has 0 saturated carbocycles. The molecule has 2 amide bonds. The SMILES string of the molecule is CC[C@H](C)NC(=O)[C@H](CC)N(Cc1ccc(OC)cc1)C(=O)CN(c1ccc(OC)c(OC)c1)S(=O)(=O)c1ccc(C)cc1. The molecular weight excluding hydrogens is 582 g/mol. The van der Waals surface area contributed by atoms with Gasteiger partial charge in [-0.15, -0.1) is 0 Å². The molecule has 0 unspecified atom stereocenters. The van der Waals surface area contributed by atoms with Gasteiger partial charge in [0.25, 0.3) is 10.0 Å². The maximum atomic E-state index is 14.3. The topological polar surface area (TPSA) is 114 Å². The smallest absolute Gasteiger partial charge is 0.264 e. The molecule has 0 aliphatic heterocycles.